The number of nitrogens with zero attached hydrogens (tertiary/aromatic N) is 3. The van der Waals surface area contributed by atoms with Crippen LogP contribution in [0.3, 0.4) is 0 Å². The minimum absolute atomic E-state index is 0.0636. The number of non-ortho nitro benzene ring substituents is 1. The van der Waals surface area contributed by atoms with Crippen molar-refractivity contribution in [1.82, 2.24) is 4.90 Å². The molecule has 1 aliphatic heterocycles. The quantitative estimate of drug-likeness (QED) is 0.667. The molecule has 0 aromatic heterocycles. The lowest BCUT2D eigenvalue weighted by atomic mass is 9.91. The molecule has 1 aliphatic rings. The number of hydrogen-bond donors (Lipinski definition) is 1. The van der Waals surface area contributed by atoms with Crippen LogP contribution in [0.1, 0.15) is 13.8 Å². The van der Waals surface area contributed by atoms with Crippen molar-refractivity contribution in [3.63, 3.8) is 0 Å². The van der Waals surface area contributed by atoms with Crippen molar-refractivity contribution in [1.29, 1.82) is 0 Å². The van der Waals surface area contributed by atoms with Crippen LogP contribution in [0.15, 0.2) is 24.3 Å². The van der Waals surface area contributed by atoms with Crippen LogP contribution in [-0.2, 0) is 4.79 Å². The topological polar surface area (TPSA) is 92.7 Å². The van der Waals surface area contributed by atoms with Crippen LogP contribution in [0.5, 0.6) is 0 Å². The van der Waals surface area contributed by atoms with Gasteiger partial charge in [0.15, 0.2) is 0 Å². The zero-order chi connectivity index (χ0) is 16.3. The molecule has 0 atom stereocenters. The summed E-state index contributed by atoms with van der Waals surface area (Å²) < 4.78 is 0. The van der Waals surface area contributed by atoms with Gasteiger partial charge in [-0.2, -0.15) is 0 Å². The maximum Gasteiger partial charge on any atom is 0.271 e. The molecule has 1 saturated heterocycles. The molecule has 2 rings (SSSR count). The Labute approximate surface area is 129 Å². The SMILES string of the molecule is CC(C)(CN)C(=O)N1CCN(c2cccc([N+](=O)[O-])c2)CC1. The lowest BCUT2D eigenvalue weighted by Gasteiger charge is -2.39. The summed E-state index contributed by atoms with van der Waals surface area (Å²) in [5.41, 5.74) is 6.01. The maximum atomic E-state index is 12.4. The first-order valence-corrected chi connectivity index (χ1v) is 7.34. The monoisotopic (exact) mass is 306 g/mol. The largest absolute Gasteiger partial charge is 0.368 e. The Morgan fingerprint density at radius 3 is 2.50 bits per heavy atom. The Hall–Kier alpha value is -2.15. The van der Waals surface area contributed by atoms with Gasteiger partial charge in [-0.25, -0.2) is 0 Å². The Morgan fingerprint density at radius 2 is 1.95 bits per heavy atom. The maximum absolute atomic E-state index is 12.4. The minimum atomic E-state index is -0.548. The minimum Gasteiger partial charge on any atom is -0.368 e. The molecule has 7 nitrogen and oxygen atoms in total. The average molecular weight is 306 g/mol. The number of nitro groups is 1. The third-order valence-corrected chi connectivity index (χ3v) is 4.06. The van der Waals surface area contributed by atoms with E-state index in [9.17, 15) is 14.9 Å². The van der Waals surface area contributed by atoms with E-state index in [0.29, 0.717) is 32.7 Å². The molecule has 22 heavy (non-hydrogen) atoms. The third-order valence-electron chi connectivity index (χ3n) is 4.06. The fourth-order valence-electron chi connectivity index (χ4n) is 2.49. The average Bonchev–Trinajstić information content (AvgIpc) is 2.54. The number of benzene rings is 1. The smallest absolute Gasteiger partial charge is 0.271 e. The van der Waals surface area contributed by atoms with Crippen LogP contribution in [0, 0.1) is 15.5 Å². The normalized spacial score (nSPS) is 15.8. The van der Waals surface area contributed by atoms with E-state index in [-0.39, 0.29) is 11.6 Å². The van der Waals surface area contributed by atoms with Crippen molar-refractivity contribution in [2.45, 2.75) is 13.8 Å². The van der Waals surface area contributed by atoms with Gasteiger partial charge in [0.05, 0.1) is 10.3 Å². The molecule has 2 N–H and O–H groups in total. The molecule has 0 unspecified atom stereocenters. The second-order valence-corrected chi connectivity index (χ2v) is 6.14. The molecular weight excluding hydrogens is 284 g/mol. The number of anilines is 1. The highest BCUT2D eigenvalue weighted by molar-refractivity contribution is 5.82. The van der Waals surface area contributed by atoms with Crippen LogP contribution in [0.4, 0.5) is 11.4 Å². The van der Waals surface area contributed by atoms with Gasteiger partial charge in [0.2, 0.25) is 5.91 Å². The summed E-state index contributed by atoms with van der Waals surface area (Å²) in [7, 11) is 0. The van der Waals surface area contributed by atoms with Crippen molar-refractivity contribution >= 4 is 17.3 Å². The first-order chi connectivity index (χ1) is 10.3. The van der Waals surface area contributed by atoms with Crippen LogP contribution in [0.25, 0.3) is 0 Å². The van der Waals surface area contributed by atoms with Gasteiger partial charge in [-0.15, -0.1) is 0 Å². The summed E-state index contributed by atoms with van der Waals surface area (Å²) in [6.07, 6.45) is 0. The third kappa shape index (κ3) is 3.36. The summed E-state index contributed by atoms with van der Waals surface area (Å²) in [6, 6.07) is 6.59. The summed E-state index contributed by atoms with van der Waals surface area (Å²) in [4.78, 5) is 26.7. The van der Waals surface area contributed by atoms with Gasteiger partial charge in [-0.3, -0.25) is 14.9 Å². The Bertz CT molecular complexity index is 566. The molecule has 1 fully saturated rings. The van der Waals surface area contributed by atoms with Gasteiger partial charge in [0, 0.05) is 50.5 Å². The van der Waals surface area contributed by atoms with Crippen molar-refractivity contribution in [2.75, 3.05) is 37.6 Å². The number of nitro benzene ring substituents is 1. The summed E-state index contributed by atoms with van der Waals surface area (Å²) in [5, 5.41) is 10.8. The molecule has 0 bridgehead atoms. The number of nitrogens with two attached hydrogens (primary N) is 1. The van der Waals surface area contributed by atoms with Gasteiger partial charge in [0.25, 0.3) is 5.69 Å². The highest BCUT2D eigenvalue weighted by Crippen LogP contribution is 2.24. The van der Waals surface area contributed by atoms with Gasteiger partial charge < -0.3 is 15.5 Å². The Balaban J connectivity index is 2.02. The first kappa shape index (κ1) is 16.2. The number of piperazine rings is 1. The van der Waals surface area contributed by atoms with E-state index in [0.717, 1.165) is 5.69 Å². The highest BCUT2D eigenvalue weighted by Gasteiger charge is 2.32. The summed E-state index contributed by atoms with van der Waals surface area (Å²) in [5.74, 6) is 0.0636. The number of carbonyl (C=O) groups excluding carboxylic acids is 1. The van der Waals surface area contributed by atoms with E-state index >= 15 is 0 Å². The van der Waals surface area contributed by atoms with E-state index in [1.165, 1.54) is 6.07 Å². The number of rotatable bonds is 4. The molecule has 1 amide bonds. The van der Waals surface area contributed by atoms with Crippen molar-refractivity contribution in [2.24, 2.45) is 11.1 Å². The number of carbonyl (C=O) groups is 1. The Kier molecular flexibility index (Phi) is 4.65. The molecule has 0 radical (unpaired) electrons. The van der Waals surface area contributed by atoms with Crippen molar-refractivity contribution < 1.29 is 9.72 Å². The lowest BCUT2D eigenvalue weighted by Crippen LogP contribution is -2.53. The zero-order valence-corrected chi connectivity index (χ0v) is 13.0. The van der Waals surface area contributed by atoms with E-state index in [2.05, 4.69) is 4.90 Å². The van der Waals surface area contributed by atoms with Gasteiger partial charge >= 0.3 is 0 Å². The number of amides is 1. The molecule has 1 heterocycles. The fraction of sp³-hybridized carbons (Fsp3) is 0.533. The molecule has 0 saturated carbocycles. The Morgan fingerprint density at radius 1 is 1.32 bits per heavy atom. The molecular formula is C15H22N4O3. The zero-order valence-electron chi connectivity index (χ0n) is 13.0. The number of hydrogen-bond acceptors (Lipinski definition) is 5. The van der Waals surface area contributed by atoms with Gasteiger partial charge in [-0.1, -0.05) is 6.07 Å². The van der Waals surface area contributed by atoms with Crippen molar-refractivity contribution in [3.05, 3.63) is 34.4 Å². The molecule has 0 spiro atoms. The van der Waals surface area contributed by atoms with E-state index in [1.54, 1.807) is 12.1 Å². The summed E-state index contributed by atoms with van der Waals surface area (Å²) in [6.45, 7) is 6.54. The second-order valence-electron chi connectivity index (χ2n) is 6.14. The highest BCUT2D eigenvalue weighted by atomic mass is 16.6. The molecule has 1 aromatic rings. The molecule has 0 aliphatic carbocycles. The van der Waals surface area contributed by atoms with E-state index < -0.39 is 10.3 Å². The van der Waals surface area contributed by atoms with Crippen molar-refractivity contribution in [3.8, 4) is 0 Å². The standard InChI is InChI=1S/C15H22N4O3/c1-15(2,11-16)14(20)18-8-6-17(7-9-18)12-4-3-5-13(10-12)19(21)22/h3-5,10H,6-9,11,16H2,1-2H3. The van der Waals surface area contributed by atoms with Crippen LogP contribution < -0.4 is 10.6 Å². The second kappa shape index (κ2) is 6.31. The van der Waals surface area contributed by atoms with E-state index in [1.807, 2.05) is 24.8 Å². The van der Waals surface area contributed by atoms with Crippen LogP contribution >= 0.6 is 0 Å². The summed E-state index contributed by atoms with van der Waals surface area (Å²) >= 11 is 0. The predicted octanol–water partition coefficient (Wildman–Crippen LogP) is 1.23. The van der Waals surface area contributed by atoms with Crippen LogP contribution in [-0.4, -0.2) is 48.5 Å². The van der Waals surface area contributed by atoms with E-state index in [4.69, 9.17) is 5.73 Å². The van der Waals surface area contributed by atoms with Gasteiger partial charge in [-0.05, 0) is 19.9 Å². The predicted molar refractivity (Wildman–Crippen MR) is 84.7 cm³/mol. The van der Waals surface area contributed by atoms with Crippen LogP contribution in [0.2, 0.25) is 0 Å². The lowest BCUT2D eigenvalue weighted by molar-refractivity contribution is -0.384. The molecule has 120 valence electrons. The molecule has 7 heteroatoms. The van der Waals surface area contributed by atoms with Gasteiger partial charge in [0.1, 0.15) is 0 Å². The molecule has 1 aromatic carbocycles. The fourth-order valence-corrected chi connectivity index (χ4v) is 2.49. The first-order valence-electron chi connectivity index (χ1n) is 7.34.